The molecule has 0 atom stereocenters. The minimum atomic E-state index is -0.226. The van der Waals surface area contributed by atoms with Crippen molar-refractivity contribution in [1.82, 2.24) is 9.55 Å². The molecule has 1 heterocycles. The van der Waals surface area contributed by atoms with Gasteiger partial charge >= 0.3 is 0 Å². The number of anilines is 1. The van der Waals surface area contributed by atoms with Gasteiger partial charge in [0.05, 0.1) is 26.8 Å². The molecular weight excluding hydrogens is 297 g/mol. The van der Waals surface area contributed by atoms with Crippen LogP contribution in [-0.2, 0) is 6.61 Å². The lowest BCUT2D eigenvalue weighted by Crippen LogP contribution is -2.02. The van der Waals surface area contributed by atoms with E-state index in [0.717, 1.165) is 5.52 Å². The van der Waals surface area contributed by atoms with Gasteiger partial charge in [-0.15, -0.1) is 0 Å². The lowest BCUT2D eigenvalue weighted by atomic mass is 10.2. The number of imidazole rings is 1. The Kier molecular flexibility index (Phi) is 3.30. The summed E-state index contributed by atoms with van der Waals surface area (Å²) < 4.78 is 1.75. The van der Waals surface area contributed by atoms with Gasteiger partial charge in [0.15, 0.2) is 0 Å². The van der Waals surface area contributed by atoms with Crippen LogP contribution in [0.4, 0.5) is 5.69 Å². The number of nitrogens with zero attached hydrogens (tertiary/aromatic N) is 2. The second kappa shape index (κ2) is 4.98. The highest BCUT2D eigenvalue weighted by atomic mass is 35.5. The van der Waals surface area contributed by atoms with E-state index in [1.54, 1.807) is 34.9 Å². The number of hydrogen-bond acceptors (Lipinski definition) is 3. The predicted octanol–water partition coefficient (Wildman–Crippen LogP) is 3.41. The van der Waals surface area contributed by atoms with Crippen LogP contribution in [0.1, 0.15) is 5.82 Å². The first kappa shape index (κ1) is 13.2. The molecule has 3 rings (SSSR count). The first-order valence-electron chi connectivity index (χ1n) is 5.94. The number of fused-ring (bicyclic) bond motifs is 1. The van der Waals surface area contributed by atoms with Crippen molar-refractivity contribution in [1.29, 1.82) is 0 Å². The van der Waals surface area contributed by atoms with E-state index in [2.05, 4.69) is 4.98 Å². The minimum Gasteiger partial charge on any atom is -0.399 e. The molecule has 0 radical (unpaired) electrons. The molecule has 0 saturated heterocycles. The Morgan fingerprint density at radius 1 is 1.15 bits per heavy atom. The minimum absolute atomic E-state index is 0.226. The van der Waals surface area contributed by atoms with E-state index >= 15 is 0 Å². The van der Waals surface area contributed by atoms with Crippen LogP contribution in [-0.4, -0.2) is 14.7 Å². The molecule has 3 N–H and O–H groups in total. The molecular formula is C14H11Cl2N3O. The van der Waals surface area contributed by atoms with Gasteiger partial charge in [0.2, 0.25) is 0 Å². The molecule has 1 aromatic heterocycles. The van der Waals surface area contributed by atoms with Crippen LogP contribution in [0.15, 0.2) is 36.4 Å². The normalized spacial score (nSPS) is 11.2. The van der Waals surface area contributed by atoms with Crippen molar-refractivity contribution in [3.05, 3.63) is 52.3 Å². The Morgan fingerprint density at radius 2 is 1.85 bits per heavy atom. The van der Waals surface area contributed by atoms with Crippen LogP contribution >= 0.6 is 23.2 Å². The zero-order chi connectivity index (χ0) is 14.3. The van der Waals surface area contributed by atoms with Crippen molar-refractivity contribution in [2.45, 2.75) is 6.61 Å². The van der Waals surface area contributed by atoms with Gasteiger partial charge in [0.1, 0.15) is 12.4 Å². The Hall–Kier alpha value is -1.75. The maximum absolute atomic E-state index is 9.53. The van der Waals surface area contributed by atoms with Crippen molar-refractivity contribution < 1.29 is 5.11 Å². The second-order valence-corrected chi connectivity index (χ2v) is 5.15. The highest BCUT2D eigenvalue weighted by molar-refractivity contribution is 6.37. The quantitative estimate of drug-likeness (QED) is 0.713. The number of benzene rings is 2. The van der Waals surface area contributed by atoms with Crippen LogP contribution in [0.3, 0.4) is 0 Å². The van der Waals surface area contributed by atoms with Gasteiger partial charge in [-0.25, -0.2) is 4.98 Å². The fraction of sp³-hybridized carbons (Fsp3) is 0.0714. The lowest BCUT2D eigenvalue weighted by Gasteiger charge is -2.11. The Bertz CT molecular complexity index is 778. The zero-order valence-electron chi connectivity index (χ0n) is 10.3. The van der Waals surface area contributed by atoms with Gasteiger partial charge in [-0.2, -0.15) is 0 Å². The molecule has 20 heavy (non-hydrogen) atoms. The van der Waals surface area contributed by atoms with Crippen molar-refractivity contribution >= 4 is 39.9 Å². The summed E-state index contributed by atoms with van der Waals surface area (Å²) in [6, 6.07) is 10.6. The largest absolute Gasteiger partial charge is 0.399 e. The van der Waals surface area contributed by atoms with E-state index in [9.17, 15) is 5.11 Å². The number of rotatable bonds is 2. The Morgan fingerprint density at radius 3 is 2.50 bits per heavy atom. The summed E-state index contributed by atoms with van der Waals surface area (Å²) in [5, 5.41) is 10.5. The topological polar surface area (TPSA) is 64.1 Å². The number of nitrogens with two attached hydrogens (primary N) is 1. The van der Waals surface area contributed by atoms with Gasteiger partial charge in [0, 0.05) is 5.69 Å². The van der Waals surface area contributed by atoms with Crippen LogP contribution in [0.25, 0.3) is 16.7 Å². The molecule has 4 nitrogen and oxygen atoms in total. The molecule has 3 aromatic rings. The van der Waals surface area contributed by atoms with Crippen LogP contribution in [0.5, 0.6) is 0 Å². The summed E-state index contributed by atoms with van der Waals surface area (Å²) in [5.41, 5.74) is 8.45. The highest BCUT2D eigenvalue weighted by Crippen LogP contribution is 2.33. The van der Waals surface area contributed by atoms with Crippen LogP contribution in [0.2, 0.25) is 10.0 Å². The zero-order valence-corrected chi connectivity index (χ0v) is 11.9. The van der Waals surface area contributed by atoms with Gasteiger partial charge in [-0.05, 0) is 30.3 Å². The van der Waals surface area contributed by atoms with Crippen LogP contribution in [0, 0.1) is 0 Å². The SMILES string of the molecule is Nc1ccc2c(c1)nc(CO)n2-c1c(Cl)cccc1Cl. The number of halogens is 2. The molecule has 0 saturated carbocycles. The third-order valence-corrected chi connectivity index (χ3v) is 3.66. The van der Waals surface area contributed by atoms with E-state index in [0.29, 0.717) is 32.8 Å². The summed E-state index contributed by atoms with van der Waals surface area (Å²) in [7, 11) is 0. The summed E-state index contributed by atoms with van der Waals surface area (Å²) in [6.07, 6.45) is 0. The van der Waals surface area contributed by atoms with Gasteiger partial charge in [-0.3, -0.25) is 4.57 Å². The third kappa shape index (κ3) is 2.02. The first-order valence-corrected chi connectivity index (χ1v) is 6.69. The van der Waals surface area contributed by atoms with Gasteiger partial charge in [-0.1, -0.05) is 29.3 Å². The second-order valence-electron chi connectivity index (χ2n) is 4.34. The molecule has 2 aromatic carbocycles. The predicted molar refractivity (Wildman–Crippen MR) is 81.4 cm³/mol. The van der Waals surface area contributed by atoms with Crippen molar-refractivity contribution in [2.75, 3.05) is 5.73 Å². The summed E-state index contributed by atoms with van der Waals surface area (Å²) in [4.78, 5) is 4.37. The molecule has 102 valence electrons. The highest BCUT2D eigenvalue weighted by Gasteiger charge is 2.16. The fourth-order valence-corrected chi connectivity index (χ4v) is 2.77. The molecule has 6 heteroatoms. The van der Waals surface area contributed by atoms with E-state index < -0.39 is 0 Å². The van der Waals surface area contributed by atoms with E-state index in [1.165, 1.54) is 0 Å². The van der Waals surface area contributed by atoms with Gasteiger partial charge < -0.3 is 10.8 Å². The third-order valence-electron chi connectivity index (χ3n) is 3.05. The van der Waals surface area contributed by atoms with Crippen molar-refractivity contribution in [3.8, 4) is 5.69 Å². The average Bonchev–Trinajstić information content (AvgIpc) is 2.76. The van der Waals surface area contributed by atoms with Crippen molar-refractivity contribution in [3.63, 3.8) is 0 Å². The van der Waals surface area contributed by atoms with E-state index in [1.807, 2.05) is 6.07 Å². The molecule has 0 aliphatic heterocycles. The molecule has 0 fully saturated rings. The molecule has 0 bridgehead atoms. The summed E-state index contributed by atoms with van der Waals surface area (Å²) in [5.74, 6) is 0.459. The number of aliphatic hydroxyl groups excluding tert-OH is 1. The number of nitrogen functional groups attached to an aromatic ring is 1. The fourth-order valence-electron chi connectivity index (χ4n) is 2.21. The molecule has 0 aliphatic carbocycles. The standard InChI is InChI=1S/C14H11Cl2N3O/c15-9-2-1-3-10(16)14(9)19-12-5-4-8(17)6-11(12)18-13(19)7-20/h1-6,20H,7,17H2. The first-order chi connectivity index (χ1) is 9.61. The van der Waals surface area contributed by atoms with Crippen LogP contribution < -0.4 is 5.73 Å². The Balaban J connectivity index is 2.40. The molecule has 0 amide bonds. The average molecular weight is 308 g/mol. The van der Waals surface area contributed by atoms with Gasteiger partial charge in [0.25, 0.3) is 0 Å². The maximum atomic E-state index is 9.53. The van der Waals surface area contributed by atoms with Crippen molar-refractivity contribution in [2.24, 2.45) is 0 Å². The molecule has 0 spiro atoms. The monoisotopic (exact) mass is 307 g/mol. The number of aliphatic hydroxyl groups is 1. The smallest absolute Gasteiger partial charge is 0.140 e. The van der Waals surface area contributed by atoms with E-state index in [-0.39, 0.29) is 6.61 Å². The Labute approximate surface area is 125 Å². The summed E-state index contributed by atoms with van der Waals surface area (Å²) >= 11 is 12.5. The molecule has 0 aliphatic rings. The molecule has 0 unspecified atom stereocenters. The number of para-hydroxylation sites is 1. The lowest BCUT2D eigenvalue weighted by molar-refractivity contribution is 0.270. The summed E-state index contributed by atoms with van der Waals surface area (Å²) in [6.45, 7) is -0.226. The number of aromatic nitrogens is 2. The number of hydrogen-bond donors (Lipinski definition) is 2. The maximum Gasteiger partial charge on any atom is 0.140 e. The van der Waals surface area contributed by atoms with E-state index in [4.69, 9.17) is 28.9 Å².